The maximum Gasteiger partial charge on any atom is 0.162 e. The number of hydrogen-bond donors (Lipinski definition) is 0. The van der Waals surface area contributed by atoms with Crippen LogP contribution in [-0.4, -0.2) is 44.0 Å². The van der Waals surface area contributed by atoms with E-state index in [1.165, 1.54) is 18.6 Å². The lowest BCUT2D eigenvalue weighted by Gasteiger charge is -2.31. The standard InChI is InChI=1S/C16H22N2O2/c1-18-13-5-6-14(18)9-12(8-13)17-11-4-7-15(19-2)16(10-11)20-3/h4,7,10,13-14H,5-6,8-9H2,1-3H3/t13-,14+. The zero-order chi connectivity index (χ0) is 14.1. The van der Waals surface area contributed by atoms with E-state index >= 15 is 0 Å². The molecular weight excluding hydrogens is 252 g/mol. The van der Waals surface area contributed by atoms with Gasteiger partial charge < -0.3 is 9.47 Å². The molecular formula is C16H22N2O2. The van der Waals surface area contributed by atoms with Crippen LogP contribution in [0.15, 0.2) is 23.2 Å². The first kappa shape index (κ1) is 13.4. The predicted molar refractivity (Wildman–Crippen MR) is 80.4 cm³/mol. The first-order valence-electron chi connectivity index (χ1n) is 7.21. The Bertz CT molecular complexity index is 511. The van der Waals surface area contributed by atoms with Gasteiger partial charge in [0.05, 0.1) is 19.9 Å². The van der Waals surface area contributed by atoms with Crippen molar-refractivity contribution in [3.8, 4) is 11.5 Å². The lowest BCUT2D eigenvalue weighted by molar-refractivity contribution is 0.231. The van der Waals surface area contributed by atoms with Crippen molar-refractivity contribution in [2.24, 2.45) is 4.99 Å². The molecule has 2 fully saturated rings. The fourth-order valence-electron chi connectivity index (χ4n) is 3.38. The molecule has 2 heterocycles. The third-order valence-corrected chi connectivity index (χ3v) is 4.58. The van der Waals surface area contributed by atoms with Gasteiger partial charge in [-0.2, -0.15) is 0 Å². The summed E-state index contributed by atoms with van der Waals surface area (Å²) in [5.41, 5.74) is 2.28. The minimum Gasteiger partial charge on any atom is -0.493 e. The molecule has 2 atom stereocenters. The number of ether oxygens (including phenoxy) is 2. The quantitative estimate of drug-likeness (QED) is 0.849. The summed E-state index contributed by atoms with van der Waals surface area (Å²) in [6, 6.07) is 7.24. The topological polar surface area (TPSA) is 34.1 Å². The number of piperidine rings is 1. The molecule has 0 aromatic heterocycles. The van der Waals surface area contributed by atoms with Crippen molar-refractivity contribution < 1.29 is 9.47 Å². The molecule has 1 aromatic carbocycles. The molecule has 2 saturated heterocycles. The Morgan fingerprint density at radius 1 is 1.05 bits per heavy atom. The van der Waals surface area contributed by atoms with Gasteiger partial charge in [0, 0.05) is 36.7 Å². The highest BCUT2D eigenvalue weighted by molar-refractivity contribution is 5.89. The molecule has 2 aliphatic rings. The van der Waals surface area contributed by atoms with Crippen LogP contribution in [-0.2, 0) is 0 Å². The zero-order valence-electron chi connectivity index (χ0n) is 12.4. The highest BCUT2D eigenvalue weighted by atomic mass is 16.5. The van der Waals surface area contributed by atoms with Gasteiger partial charge in [-0.15, -0.1) is 0 Å². The summed E-state index contributed by atoms with van der Waals surface area (Å²) in [5, 5.41) is 0. The molecule has 0 aliphatic carbocycles. The highest BCUT2D eigenvalue weighted by Gasteiger charge is 2.36. The molecule has 0 saturated carbocycles. The third-order valence-electron chi connectivity index (χ3n) is 4.58. The average molecular weight is 274 g/mol. The van der Waals surface area contributed by atoms with Gasteiger partial charge in [0.1, 0.15) is 0 Å². The second-order valence-electron chi connectivity index (χ2n) is 5.68. The number of benzene rings is 1. The van der Waals surface area contributed by atoms with E-state index in [2.05, 4.69) is 11.9 Å². The Morgan fingerprint density at radius 3 is 2.30 bits per heavy atom. The molecule has 108 valence electrons. The van der Waals surface area contributed by atoms with E-state index in [-0.39, 0.29) is 0 Å². The van der Waals surface area contributed by atoms with E-state index in [4.69, 9.17) is 14.5 Å². The van der Waals surface area contributed by atoms with Gasteiger partial charge in [-0.1, -0.05) is 0 Å². The van der Waals surface area contributed by atoms with Gasteiger partial charge in [-0.25, -0.2) is 0 Å². The molecule has 2 bridgehead atoms. The van der Waals surface area contributed by atoms with Crippen LogP contribution in [0.2, 0.25) is 0 Å². The van der Waals surface area contributed by atoms with Crippen LogP contribution >= 0.6 is 0 Å². The summed E-state index contributed by atoms with van der Waals surface area (Å²) in [5.74, 6) is 1.49. The molecule has 0 amide bonds. The van der Waals surface area contributed by atoms with Crippen molar-refractivity contribution in [3.63, 3.8) is 0 Å². The summed E-state index contributed by atoms with van der Waals surface area (Å²) in [6.07, 6.45) is 4.82. The van der Waals surface area contributed by atoms with E-state index in [1.54, 1.807) is 14.2 Å². The van der Waals surface area contributed by atoms with Crippen LogP contribution in [0, 0.1) is 0 Å². The SMILES string of the molecule is COc1ccc(N=C2C[C@H]3CC[C@@H](C2)N3C)cc1OC. The minimum absolute atomic E-state index is 0.688. The van der Waals surface area contributed by atoms with E-state index < -0.39 is 0 Å². The van der Waals surface area contributed by atoms with Crippen LogP contribution in [0.25, 0.3) is 0 Å². The summed E-state index contributed by atoms with van der Waals surface area (Å²) < 4.78 is 10.6. The smallest absolute Gasteiger partial charge is 0.162 e. The van der Waals surface area contributed by atoms with Crippen LogP contribution in [0.4, 0.5) is 5.69 Å². The summed E-state index contributed by atoms with van der Waals surface area (Å²) in [6.45, 7) is 0. The molecule has 3 rings (SSSR count). The van der Waals surface area contributed by atoms with Crippen molar-refractivity contribution >= 4 is 11.4 Å². The predicted octanol–water partition coefficient (Wildman–Crippen LogP) is 3.03. The van der Waals surface area contributed by atoms with Gasteiger partial charge in [0.15, 0.2) is 11.5 Å². The minimum atomic E-state index is 0.688. The van der Waals surface area contributed by atoms with Gasteiger partial charge in [0.2, 0.25) is 0 Å². The van der Waals surface area contributed by atoms with Crippen molar-refractivity contribution in [2.75, 3.05) is 21.3 Å². The summed E-state index contributed by atoms with van der Waals surface area (Å²) in [4.78, 5) is 7.35. The van der Waals surface area contributed by atoms with E-state index in [9.17, 15) is 0 Å². The molecule has 20 heavy (non-hydrogen) atoms. The van der Waals surface area contributed by atoms with Gasteiger partial charge in [-0.05, 0) is 32.0 Å². The van der Waals surface area contributed by atoms with Crippen molar-refractivity contribution in [2.45, 2.75) is 37.8 Å². The van der Waals surface area contributed by atoms with E-state index in [1.807, 2.05) is 18.2 Å². The third kappa shape index (κ3) is 2.40. The Balaban J connectivity index is 1.82. The van der Waals surface area contributed by atoms with Crippen molar-refractivity contribution in [1.82, 2.24) is 4.90 Å². The Hall–Kier alpha value is -1.55. The largest absolute Gasteiger partial charge is 0.493 e. The number of fused-ring (bicyclic) bond motifs is 2. The Labute approximate surface area is 120 Å². The first-order chi connectivity index (χ1) is 9.71. The molecule has 4 nitrogen and oxygen atoms in total. The molecule has 0 radical (unpaired) electrons. The maximum atomic E-state index is 5.34. The van der Waals surface area contributed by atoms with E-state index in [0.717, 1.165) is 30.0 Å². The summed E-state index contributed by atoms with van der Waals surface area (Å²) in [7, 11) is 5.55. The number of aliphatic imine (C=N–C) groups is 1. The number of rotatable bonds is 3. The fraction of sp³-hybridized carbons (Fsp3) is 0.562. The van der Waals surface area contributed by atoms with Crippen molar-refractivity contribution in [1.29, 1.82) is 0 Å². The van der Waals surface area contributed by atoms with E-state index in [0.29, 0.717) is 12.1 Å². The molecule has 0 N–H and O–H groups in total. The van der Waals surface area contributed by atoms with Crippen LogP contribution in [0.5, 0.6) is 11.5 Å². The maximum absolute atomic E-state index is 5.34. The summed E-state index contributed by atoms with van der Waals surface area (Å²) >= 11 is 0. The van der Waals surface area contributed by atoms with Crippen molar-refractivity contribution in [3.05, 3.63) is 18.2 Å². The number of hydrogen-bond acceptors (Lipinski definition) is 4. The van der Waals surface area contributed by atoms with Crippen LogP contribution < -0.4 is 9.47 Å². The average Bonchev–Trinajstić information content (AvgIpc) is 2.68. The highest BCUT2D eigenvalue weighted by Crippen LogP contribution is 2.35. The zero-order valence-corrected chi connectivity index (χ0v) is 12.4. The second kappa shape index (κ2) is 5.44. The molecule has 1 aromatic rings. The molecule has 0 spiro atoms. The molecule has 4 heteroatoms. The lowest BCUT2D eigenvalue weighted by atomic mass is 10.0. The van der Waals surface area contributed by atoms with Crippen LogP contribution in [0.1, 0.15) is 25.7 Å². The van der Waals surface area contributed by atoms with Crippen LogP contribution in [0.3, 0.4) is 0 Å². The first-order valence-corrected chi connectivity index (χ1v) is 7.21. The van der Waals surface area contributed by atoms with Gasteiger partial charge in [-0.3, -0.25) is 9.89 Å². The van der Waals surface area contributed by atoms with Gasteiger partial charge >= 0.3 is 0 Å². The monoisotopic (exact) mass is 274 g/mol. The number of methoxy groups -OCH3 is 2. The normalized spacial score (nSPS) is 27.9. The fourth-order valence-corrected chi connectivity index (χ4v) is 3.38. The molecule has 2 aliphatic heterocycles. The number of nitrogens with zero attached hydrogens (tertiary/aromatic N) is 2. The second-order valence-corrected chi connectivity index (χ2v) is 5.68. The molecule has 0 unspecified atom stereocenters. The lowest BCUT2D eigenvalue weighted by Crippen LogP contribution is -2.40. The Morgan fingerprint density at radius 2 is 1.70 bits per heavy atom. The van der Waals surface area contributed by atoms with Gasteiger partial charge in [0.25, 0.3) is 0 Å². The Kier molecular flexibility index (Phi) is 3.66.